The molecule has 0 spiro atoms. The number of ether oxygens (including phenoxy) is 1. The third-order valence-electron chi connectivity index (χ3n) is 3.72. The molecule has 0 unspecified atom stereocenters. The highest BCUT2D eigenvalue weighted by molar-refractivity contribution is 9.10. The second-order valence-corrected chi connectivity index (χ2v) is 7.84. The number of nitrogens with one attached hydrogen (secondary N) is 1. The topological polar surface area (TPSA) is 94.1 Å². The minimum atomic E-state index is -0.457. The van der Waals surface area contributed by atoms with Gasteiger partial charge in [-0.05, 0) is 40.2 Å². The summed E-state index contributed by atoms with van der Waals surface area (Å²) in [4.78, 5) is 28.2. The van der Waals surface area contributed by atoms with Crippen LogP contribution in [0, 0.1) is 0 Å². The van der Waals surface area contributed by atoms with Gasteiger partial charge in [0, 0.05) is 10.0 Å². The number of hydrogen-bond donors (Lipinski definition) is 1. The van der Waals surface area contributed by atoms with Crippen LogP contribution < -0.4 is 5.32 Å². The summed E-state index contributed by atoms with van der Waals surface area (Å²) in [6.07, 6.45) is 1.34. The van der Waals surface area contributed by atoms with Crippen LogP contribution in [-0.2, 0) is 9.53 Å². The molecule has 2 aromatic carbocycles. The van der Waals surface area contributed by atoms with Gasteiger partial charge in [-0.1, -0.05) is 41.6 Å². The zero-order chi connectivity index (χ0) is 20.8. The van der Waals surface area contributed by atoms with Crippen LogP contribution in [0.25, 0.3) is 11.3 Å². The molecule has 7 nitrogen and oxygen atoms in total. The maximum absolute atomic E-state index is 12.4. The SMILES string of the molecule is COC(=O)c1ccc(NC(=O)CSc2nncnc2-c2ccccc2Cl)c(Br)c1. The molecule has 3 rings (SSSR count). The molecule has 0 aliphatic heterocycles. The van der Waals surface area contributed by atoms with E-state index in [-0.39, 0.29) is 11.7 Å². The molecule has 0 saturated heterocycles. The summed E-state index contributed by atoms with van der Waals surface area (Å²) in [7, 11) is 1.31. The molecule has 10 heteroatoms. The fourth-order valence-corrected chi connectivity index (χ4v) is 3.83. The number of carbonyl (C=O) groups excluding carboxylic acids is 2. The van der Waals surface area contributed by atoms with E-state index in [1.807, 2.05) is 18.2 Å². The minimum Gasteiger partial charge on any atom is -0.465 e. The third kappa shape index (κ3) is 5.31. The van der Waals surface area contributed by atoms with E-state index in [0.717, 1.165) is 0 Å². The van der Waals surface area contributed by atoms with Crippen LogP contribution in [0.3, 0.4) is 0 Å². The van der Waals surface area contributed by atoms with E-state index >= 15 is 0 Å². The van der Waals surface area contributed by atoms with Gasteiger partial charge in [0.05, 0.1) is 29.1 Å². The first-order valence-electron chi connectivity index (χ1n) is 8.22. The Labute approximate surface area is 184 Å². The number of amides is 1. The Kier molecular flexibility index (Phi) is 7.18. The van der Waals surface area contributed by atoms with Gasteiger partial charge in [-0.15, -0.1) is 10.2 Å². The molecule has 148 valence electrons. The molecule has 0 radical (unpaired) electrons. The first-order valence-corrected chi connectivity index (χ1v) is 10.4. The molecule has 0 bridgehead atoms. The quantitative estimate of drug-likeness (QED) is 0.400. The molecule has 0 saturated carbocycles. The average Bonchev–Trinajstić information content (AvgIpc) is 2.74. The number of benzene rings is 2. The van der Waals surface area contributed by atoms with Crippen molar-refractivity contribution in [3.63, 3.8) is 0 Å². The summed E-state index contributed by atoms with van der Waals surface area (Å²) < 4.78 is 5.24. The summed E-state index contributed by atoms with van der Waals surface area (Å²) in [5.41, 5.74) is 2.19. The lowest BCUT2D eigenvalue weighted by atomic mass is 10.2. The van der Waals surface area contributed by atoms with Gasteiger partial charge in [-0.25, -0.2) is 9.78 Å². The standard InChI is InChI=1S/C19H14BrClN4O3S/c1-28-19(27)11-6-7-15(13(20)8-11)24-16(26)9-29-18-17(22-10-23-25-18)12-4-2-3-5-14(12)21/h2-8,10H,9H2,1H3,(H,24,26). The summed E-state index contributed by atoms with van der Waals surface area (Å²) in [5, 5.41) is 11.7. The van der Waals surface area contributed by atoms with E-state index in [1.54, 1.807) is 24.3 Å². The van der Waals surface area contributed by atoms with Crippen LogP contribution in [0.1, 0.15) is 10.4 Å². The first kappa shape index (κ1) is 21.2. The Morgan fingerprint density at radius 2 is 2.03 bits per heavy atom. The molecule has 0 atom stereocenters. The smallest absolute Gasteiger partial charge is 0.337 e. The molecule has 1 heterocycles. The Morgan fingerprint density at radius 1 is 1.24 bits per heavy atom. The largest absolute Gasteiger partial charge is 0.465 e. The molecule has 0 aliphatic rings. The number of methoxy groups -OCH3 is 1. The van der Waals surface area contributed by atoms with Crippen molar-refractivity contribution < 1.29 is 14.3 Å². The first-order chi connectivity index (χ1) is 14.0. The maximum Gasteiger partial charge on any atom is 0.337 e. The summed E-state index contributed by atoms with van der Waals surface area (Å²) >= 11 is 10.8. The number of halogens is 2. The lowest BCUT2D eigenvalue weighted by Crippen LogP contribution is -2.15. The summed E-state index contributed by atoms with van der Waals surface area (Å²) in [5.74, 6) is -0.623. The van der Waals surface area contributed by atoms with Crippen LogP contribution in [0.4, 0.5) is 5.69 Å². The number of thioether (sulfide) groups is 1. The second kappa shape index (κ2) is 9.82. The van der Waals surface area contributed by atoms with Crippen molar-refractivity contribution in [2.45, 2.75) is 5.03 Å². The number of esters is 1. The number of carbonyl (C=O) groups is 2. The number of aromatic nitrogens is 3. The number of hydrogen-bond acceptors (Lipinski definition) is 7. The van der Waals surface area contributed by atoms with Crippen LogP contribution in [-0.4, -0.2) is 39.9 Å². The Bertz CT molecular complexity index is 1070. The number of nitrogens with zero attached hydrogens (tertiary/aromatic N) is 3. The normalized spacial score (nSPS) is 10.4. The van der Waals surface area contributed by atoms with Crippen LogP contribution in [0.15, 0.2) is 58.3 Å². The Balaban J connectivity index is 1.69. The average molecular weight is 494 g/mol. The minimum absolute atomic E-state index is 0.0863. The fraction of sp³-hybridized carbons (Fsp3) is 0.105. The van der Waals surface area contributed by atoms with E-state index in [0.29, 0.717) is 37.0 Å². The molecule has 1 amide bonds. The van der Waals surface area contributed by atoms with Gasteiger partial charge in [0.25, 0.3) is 0 Å². The van der Waals surface area contributed by atoms with Gasteiger partial charge >= 0.3 is 5.97 Å². The van der Waals surface area contributed by atoms with Gasteiger partial charge in [0.2, 0.25) is 5.91 Å². The molecular weight excluding hydrogens is 480 g/mol. The van der Waals surface area contributed by atoms with E-state index in [4.69, 9.17) is 11.6 Å². The Morgan fingerprint density at radius 3 is 2.76 bits per heavy atom. The molecule has 0 fully saturated rings. The second-order valence-electron chi connectivity index (χ2n) is 5.62. The van der Waals surface area contributed by atoms with E-state index in [2.05, 4.69) is 41.2 Å². The summed E-state index contributed by atoms with van der Waals surface area (Å²) in [6, 6.07) is 12.0. The van der Waals surface area contributed by atoms with E-state index in [9.17, 15) is 9.59 Å². The lowest BCUT2D eigenvalue weighted by Gasteiger charge is -2.10. The van der Waals surface area contributed by atoms with Crippen LogP contribution in [0.5, 0.6) is 0 Å². The number of rotatable bonds is 6. The zero-order valence-electron chi connectivity index (χ0n) is 15.1. The fourth-order valence-electron chi connectivity index (χ4n) is 2.38. The van der Waals surface area contributed by atoms with Gasteiger partial charge in [-0.2, -0.15) is 0 Å². The van der Waals surface area contributed by atoms with Crippen molar-refractivity contribution >= 4 is 56.9 Å². The molecule has 1 aromatic heterocycles. The van der Waals surface area contributed by atoms with Crippen molar-refractivity contribution in [1.29, 1.82) is 0 Å². The molecule has 3 aromatic rings. The van der Waals surface area contributed by atoms with Gasteiger partial charge in [0.15, 0.2) is 0 Å². The predicted octanol–water partition coefficient (Wildman–Crippen LogP) is 4.47. The van der Waals surface area contributed by atoms with Crippen LogP contribution >= 0.6 is 39.3 Å². The van der Waals surface area contributed by atoms with Gasteiger partial charge in [0.1, 0.15) is 17.0 Å². The van der Waals surface area contributed by atoms with Gasteiger partial charge in [-0.3, -0.25) is 4.79 Å². The predicted molar refractivity (Wildman–Crippen MR) is 115 cm³/mol. The van der Waals surface area contributed by atoms with Crippen LogP contribution in [0.2, 0.25) is 5.02 Å². The molecule has 29 heavy (non-hydrogen) atoms. The zero-order valence-corrected chi connectivity index (χ0v) is 18.2. The van der Waals surface area contributed by atoms with Gasteiger partial charge < -0.3 is 10.1 Å². The highest BCUT2D eigenvalue weighted by Gasteiger charge is 2.15. The van der Waals surface area contributed by atoms with E-state index in [1.165, 1.54) is 25.2 Å². The molecule has 1 N–H and O–H groups in total. The summed E-state index contributed by atoms with van der Waals surface area (Å²) in [6.45, 7) is 0. The monoisotopic (exact) mass is 492 g/mol. The number of anilines is 1. The maximum atomic E-state index is 12.4. The van der Waals surface area contributed by atoms with Crippen molar-refractivity contribution in [3.8, 4) is 11.3 Å². The molecule has 0 aliphatic carbocycles. The van der Waals surface area contributed by atoms with Crippen molar-refractivity contribution in [2.24, 2.45) is 0 Å². The molecular formula is C19H14BrClN4O3S. The Hall–Kier alpha value is -2.49. The third-order valence-corrected chi connectivity index (χ3v) is 5.66. The van der Waals surface area contributed by atoms with E-state index < -0.39 is 5.97 Å². The van der Waals surface area contributed by atoms with Crippen molar-refractivity contribution in [2.75, 3.05) is 18.2 Å². The highest BCUT2D eigenvalue weighted by atomic mass is 79.9. The highest BCUT2D eigenvalue weighted by Crippen LogP contribution is 2.32. The lowest BCUT2D eigenvalue weighted by molar-refractivity contribution is -0.113. The van der Waals surface area contributed by atoms with Crippen molar-refractivity contribution in [3.05, 3.63) is 63.9 Å². The van der Waals surface area contributed by atoms with Crippen molar-refractivity contribution in [1.82, 2.24) is 15.2 Å².